The molecule has 0 radical (unpaired) electrons. The molecule has 0 bridgehead atoms. The highest BCUT2D eigenvalue weighted by molar-refractivity contribution is 6.34. The molecule has 0 saturated heterocycles. The highest BCUT2D eigenvalue weighted by Crippen LogP contribution is 2.23. The van der Waals surface area contributed by atoms with Gasteiger partial charge in [-0.3, -0.25) is 4.79 Å². The number of carbonyl (C=O) groups is 2. The third-order valence-corrected chi connectivity index (χ3v) is 3.67. The van der Waals surface area contributed by atoms with Crippen molar-refractivity contribution in [1.82, 2.24) is 10.6 Å². The van der Waals surface area contributed by atoms with Crippen LogP contribution in [0.4, 0.5) is 10.5 Å². The Morgan fingerprint density at radius 1 is 1.35 bits per heavy atom. The molecule has 0 heterocycles. The number of rotatable bonds is 8. The second-order valence-electron chi connectivity index (χ2n) is 5.37. The number of hydrogen-bond donors (Lipinski definition) is 3. The van der Waals surface area contributed by atoms with Crippen molar-refractivity contribution in [2.45, 2.75) is 32.2 Å². The smallest absolute Gasteiger partial charge is 0.319 e. The molecule has 0 aromatic heterocycles. The summed E-state index contributed by atoms with van der Waals surface area (Å²) in [4.78, 5) is 23.9. The number of hydrogen-bond acceptors (Lipinski definition) is 3. The van der Waals surface area contributed by atoms with E-state index in [1.807, 2.05) is 6.92 Å². The topological polar surface area (TPSA) is 79.5 Å². The summed E-state index contributed by atoms with van der Waals surface area (Å²) in [6, 6.07) is 4.78. The van der Waals surface area contributed by atoms with Crippen LogP contribution in [-0.4, -0.2) is 37.7 Å². The molecule has 3 N–H and O–H groups in total. The second-order valence-corrected chi connectivity index (χ2v) is 5.78. The van der Waals surface area contributed by atoms with E-state index in [2.05, 4.69) is 16.0 Å². The zero-order valence-electron chi connectivity index (χ0n) is 13.2. The SMILES string of the molecule is CCOCCCNC(=O)Nc1ccc(Cl)c(C(=O)NC2CC2)c1. The Kier molecular flexibility index (Phi) is 6.67. The third kappa shape index (κ3) is 6.08. The molecule has 2 rings (SSSR count). The standard InChI is InChI=1S/C16H22ClN3O3/c1-2-23-9-3-8-18-16(22)20-12-6-7-14(17)13(10-12)15(21)19-11-4-5-11/h6-7,10-11H,2-5,8-9H2,1H3,(H,19,21)(H2,18,20,22). The first kappa shape index (κ1) is 17.6. The van der Waals surface area contributed by atoms with Gasteiger partial charge >= 0.3 is 6.03 Å². The molecule has 1 saturated carbocycles. The van der Waals surface area contributed by atoms with Crippen LogP contribution >= 0.6 is 11.6 Å². The third-order valence-electron chi connectivity index (χ3n) is 3.34. The van der Waals surface area contributed by atoms with Crippen LogP contribution in [0, 0.1) is 0 Å². The molecule has 7 heteroatoms. The predicted molar refractivity (Wildman–Crippen MR) is 90.1 cm³/mol. The van der Waals surface area contributed by atoms with Crippen LogP contribution in [0.15, 0.2) is 18.2 Å². The molecular formula is C16H22ClN3O3. The van der Waals surface area contributed by atoms with Gasteiger partial charge in [-0.1, -0.05) is 11.6 Å². The number of amides is 3. The van der Waals surface area contributed by atoms with Crippen molar-refractivity contribution in [3.8, 4) is 0 Å². The van der Waals surface area contributed by atoms with Crippen LogP contribution < -0.4 is 16.0 Å². The van der Waals surface area contributed by atoms with Gasteiger partial charge in [-0.05, 0) is 44.4 Å². The fourth-order valence-electron chi connectivity index (χ4n) is 1.96. The van der Waals surface area contributed by atoms with Gasteiger partial charge in [-0.2, -0.15) is 0 Å². The van der Waals surface area contributed by atoms with Crippen LogP contribution in [0.25, 0.3) is 0 Å². The number of urea groups is 1. The number of nitrogens with one attached hydrogen (secondary N) is 3. The van der Waals surface area contributed by atoms with Gasteiger partial charge in [0.15, 0.2) is 0 Å². The monoisotopic (exact) mass is 339 g/mol. The van der Waals surface area contributed by atoms with E-state index in [1.165, 1.54) is 0 Å². The van der Waals surface area contributed by atoms with Crippen LogP contribution in [0.1, 0.15) is 36.5 Å². The molecule has 1 aliphatic rings. The van der Waals surface area contributed by atoms with Gasteiger partial charge < -0.3 is 20.7 Å². The quantitative estimate of drug-likeness (QED) is 0.637. The van der Waals surface area contributed by atoms with Gasteiger partial charge in [-0.15, -0.1) is 0 Å². The molecule has 0 aliphatic heterocycles. The van der Waals surface area contributed by atoms with E-state index in [9.17, 15) is 9.59 Å². The minimum Gasteiger partial charge on any atom is -0.382 e. The summed E-state index contributed by atoms with van der Waals surface area (Å²) >= 11 is 6.06. The van der Waals surface area contributed by atoms with E-state index < -0.39 is 0 Å². The average molecular weight is 340 g/mol. The Bertz CT molecular complexity index is 562. The lowest BCUT2D eigenvalue weighted by atomic mass is 10.2. The minimum atomic E-state index is -0.322. The van der Waals surface area contributed by atoms with Crippen LogP contribution in [0.5, 0.6) is 0 Å². The van der Waals surface area contributed by atoms with E-state index >= 15 is 0 Å². The zero-order chi connectivity index (χ0) is 16.7. The second kappa shape index (κ2) is 8.74. The molecule has 0 atom stereocenters. The van der Waals surface area contributed by atoms with Crippen LogP contribution in [-0.2, 0) is 4.74 Å². The van der Waals surface area contributed by atoms with Crippen molar-refractivity contribution in [1.29, 1.82) is 0 Å². The van der Waals surface area contributed by atoms with Gasteiger partial charge in [0.1, 0.15) is 0 Å². The van der Waals surface area contributed by atoms with Gasteiger partial charge in [0.05, 0.1) is 10.6 Å². The highest BCUT2D eigenvalue weighted by Gasteiger charge is 2.24. The molecule has 1 fully saturated rings. The molecule has 1 aromatic carbocycles. The van der Waals surface area contributed by atoms with Crippen molar-refractivity contribution in [3.05, 3.63) is 28.8 Å². The van der Waals surface area contributed by atoms with E-state index in [1.54, 1.807) is 18.2 Å². The molecule has 1 aliphatic carbocycles. The Hall–Kier alpha value is -1.79. The molecule has 6 nitrogen and oxygen atoms in total. The van der Waals surface area contributed by atoms with Crippen molar-refractivity contribution < 1.29 is 14.3 Å². The molecule has 3 amide bonds. The summed E-state index contributed by atoms with van der Waals surface area (Å²) in [5, 5.41) is 8.67. The van der Waals surface area contributed by atoms with E-state index in [-0.39, 0.29) is 18.0 Å². The Morgan fingerprint density at radius 2 is 2.13 bits per heavy atom. The number of carbonyl (C=O) groups excluding carboxylic acids is 2. The highest BCUT2D eigenvalue weighted by atomic mass is 35.5. The summed E-state index contributed by atoms with van der Waals surface area (Å²) < 4.78 is 5.19. The lowest BCUT2D eigenvalue weighted by molar-refractivity contribution is 0.0951. The molecule has 23 heavy (non-hydrogen) atoms. The Labute approximate surface area is 140 Å². The first-order chi connectivity index (χ1) is 11.1. The van der Waals surface area contributed by atoms with Crippen molar-refractivity contribution >= 4 is 29.2 Å². The summed E-state index contributed by atoms with van der Waals surface area (Å²) in [6.45, 7) is 3.73. The molecule has 0 spiro atoms. The molecular weight excluding hydrogens is 318 g/mol. The summed E-state index contributed by atoms with van der Waals surface area (Å²) in [7, 11) is 0. The van der Waals surface area contributed by atoms with Gasteiger partial charge in [0, 0.05) is 31.5 Å². The molecule has 1 aromatic rings. The zero-order valence-corrected chi connectivity index (χ0v) is 13.9. The van der Waals surface area contributed by atoms with E-state index in [0.29, 0.717) is 36.0 Å². The fraction of sp³-hybridized carbons (Fsp3) is 0.500. The summed E-state index contributed by atoms with van der Waals surface area (Å²) in [6.07, 6.45) is 2.76. The Balaban J connectivity index is 1.84. The fourth-order valence-corrected chi connectivity index (χ4v) is 2.17. The minimum absolute atomic E-state index is 0.210. The lowest BCUT2D eigenvalue weighted by Crippen LogP contribution is -2.30. The van der Waals surface area contributed by atoms with E-state index in [0.717, 1.165) is 19.3 Å². The first-order valence-corrected chi connectivity index (χ1v) is 8.21. The largest absolute Gasteiger partial charge is 0.382 e. The van der Waals surface area contributed by atoms with Crippen LogP contribution in [0.3, 0.4) is 0 Å². The maximum Gasteiger partial charge on any atom is 0.319 e. The number of halogens is 1. The number of benzene rings is 1. The summed E-state index contributed by atoms with van der Waals surface area (Å²) in [5.74, 6) is -0.210. The average Bonchev–Trinajstić information content (AvgIpc) is 3.33. The maximum absolute atomic E-state index is 12.1. The van der Waals surface area contributed by atoms with E-state index in [4.69, 9.17) is 16.3 Å². The van der Waals surface area contributed by atoms with Gasteiger partial charge in [0.2, 0.25) is 0 Å². The summed E-state index contributed by atoms with van der Waals surface area (Å²) in [5.41, 5.74) is 0.894. The van der Waals surface area contributed by atoms with Gasteiger partial charge in [-0.25, -0.2) is 4.79 Å². The predicted octanol–water partition coefficient (Wildman–Crippen LogP) is 2.78. The maximum atomic E-state index is 12.1. The van der Waals surface area contributed by atoms with Crippen molar-refractivity contribution in [2.24, 2.45) is 0 Å². The lowest BCUT2D eigenvalue weighted by Gasteiger charge is -2.10. The van der Waals surface area contributed by atoms with Crippen molar-refractivity contribution in [3.63, 3.8) is 0 Å². The molecule has 126 valence electrons. The first-order valence-electron chi connectivity index (χ1n) is 7.83. The molecule has 0 unspecified atom stereocenters. The number of ether oxygens (including phenoxy) is 1. The van der Waals surface area contributed by atoms with Gasteiger partial charge in [0.25, 0.3) is 5.91 Å². The normalized spacial score (nSPS) is 13.5. The van der Waals surface area contributed by atoms with Crippen LogP contribution in [0.2, 0.25) is 5.02 Å². The number of anilines is 1. The Morgan fingerprint density at radius 3 is 2.83 bits per heavy atom. The van der Waals surface area contributed by atoms with Crippen molar-refractivity contribution in [2.75, 3.05) is 25.1 Å².